The highest BCUT2D eigenvalue weighted by molar-refractivity contribution is 5.31. The van der Waals surface area contributed by atoms with Crippen LogP contribution in [0.25, 0.3) is 0 Å². The third-order valence-corrected chi connectivity index (χ3v) is 4.47. The second kappa shape index (κ2) is 4.94. The van der Waals surface area contributed by atoms with E-state index in [2.05, 4.69) is 58.9 Å². The van der Waals surface area contributed by atoms with Crippen molar-refractivity contribution >= 4 is 0 Å². The predicted molar refractivity (Wildman–Crippen MR) is 81.2 cm³/mol. The standard InChI is InChI=1S/C18H28O/c1-13-10-14(2)12-18(19,11-13)16-8-6-15(7-9-16)17(3,4)5/h6-9,13-14,19H,10-12H2,1-5H3. The van der Waals surface area contributed by atoms with Gasteiger partial charge in [0.05, 0.1) is 5.60 Å². The van der Waals surface area contributed by atoms with Crippen LogP contribution in [0.4, 0.5) is 0 Å². The van der Waals surface area contributed by atoms with Gasteiger partial charge in [-0.25, -0.2) is 0 Å². The maximum absolute atomic E-state index is 11.0. The molecule has 0 aliphatic heterocycles. The molecule has 1 aliphatic rings. The summed E-state index contributed by atoms with van der Waals surface area (Å²) in [7, 11) is 0. The highest BCUT2D eigenvalue weighted by Crippen LogP contribution is 2.42. The van der Waals surface area contributed by atoms with Gasteiger partial charge in [-0.1, -0.05) is 58.9 Å². The van der Waals surface area contributed by atoms with E-state index in [1.165, 1.54) is 12.0 Å². The number of hydrogen-bond acceptors (Lipinski definition) is 1. The molecule has 0 radical (unpaired) electrons. The molecule has 0 amide bonds. The lowest BCUT2D eigenvalue weighted by Crippen LogP contribution is -2.35. The van der Waals surface area contributed by atoms with Gasteiger partial charge < -0.3 is 5.11 Å². The molecule has 2 rings (SSSR count). The first kappa shape index (κ1) is 14.6. The average molecular weight is 260 g/mol. The molecule has 19 heavy (non-hydrogen) atoms. The topological polar surface area (TPSA) is 20.2 Å². The van der Waals surface area contributed by atoms with Crippen LogP contribution in [0.2, 0.25) is 0 Å². The molecular weight excluding hydrogens is 232 g/mol. The van der Waals surface area contributed by atoms with Crippen molar-refractivity contribution in [3.8, 4) is 0 Å². The molecule has 1 fully saturated rings. The Morgan fingerprint density at radius 1 is 1.00 bits per heavy atom. The summed E-state index contributed by atoms with van der Waals surface area (Å²) in [6.45, 7) is 11.2. The Morgan fingerprint density at radius 2 is 1.47 bits per heavy atom. The van der Waals surface area contributed by atoms with Crippen LogP contribution in [0.15, 0.2) is 24.3 Å². The first-order chi connectivity index (χ1) is 8.71. The number of rotatable bonds is 1. The van der Waals surface area contributed by atoms with Gasteiger partial charge in [0.25, 0.3) is 0 Å². The minimum atomic E-state index is -0.618. The van der Waals surface area contributed by atoms with E-state index in [4.69, 9.17) is 0 Å². The Bertz CT molecular complexity index is 414. The number of aliphatic hydroxyl groups is 1. The molecule has 0 aromatic heterocycles. The van der Waals surface area contributed by atoms with E-state index in [0.717, 1.165) is 18.4 Å². The van der Waals surface area contributed by atoms with Crippen LogP contribution in [-0.2, 0) is 11.0 Å². The molecule has 0 bridgehead atoms. The van der Waals surface area contributed by atoms with E-state index in [0.29, 0.717) is 11.8 Å². The van der Waals surface area contributed by atoms with E-state index in [-0.39, 0.29) is 5.41 Å². The lowest BCUT2D eigenvalue weighted by molar-refractivity contribution is -0.0363. The molecule has 0 spiro atoms. The number of benzene rings is 1. The normalized spacial score (nSPS) is 32.3. The lowest BCUT2D eigenvalue weighted by atomic mass is 9.70. The fourth-order valence-corrected chi connectivity index (χ4v) is 3.61. The van der Waals surface area contributed by atoms with Crippen molar-refractivity contribution in [2.45, 2.75) is 64.9 Å². The molecule has 1 aromatic carbocycles. The van der Waals surface area contributed by atoms with Crippen molar-refractivity contribution in [1.82, 2.24) is 0 Å². The summed E-state index contributed by atoms with van der Waals surface area (Å²) < 4.78 is 0. The Labute approximate surface area is 118 Å². The molecular formula is C18H28O. The van der Waals surface area contributed by atoms with Gasteiger partial charge in [-0.05, 0) is 47.6 Å². The van der Waals surface area contributed by atoms with E-state index >= 15 is 0 Å². The van der Waals surface area contributed by atoms with Crippen LogP contribution < -0.4 is 0 Å². The second-order valence-electron chi connectivity index (χ2n) is 7.71. The molecule has 1 N–H and O–H groups in total. The minimum Gasteiger partial charge on any atom is -0.385 e. The van der Waals surface area contributed by atoms with Gasteiger partial charge in [0, 0.05) is 0 Å². The number of hydrogen-bond donors (Lipinski definition) is 1. The van der Waals surface area contributed by atoms with Gasteiger partial charge in [-0.3, -0.25) is 0 Å². The summed E-state index contributed by atoms with van der Waals surface area (Å²) in [5.74, 6) is 1.21. The van der Waals surface area contributed by atoms with Crippen molar-refractivity contribution in [1.29, 1.82) is 0 Å². The Morgan fingerprint density at radius 3 is 1.89 bits per heavy atom. The zero-order valence-corrected chi connectivity index (χ0v) is 13.0. The van der Waals surface area contributed by atoms with Crippen molar-refractivity contribution < 1.29 is 5.11 Å². The van der Waals surface area contributed by atoms with Crippen LogP contribution in [0.5, 0.6) is 0 Å². The molecule has 1 nitrogen and oxygen atoms in total. The van der Waals surface area contributed by atoms with Crippen molar-refractivity contribution in [3.63, 3.8) is 0 Å². The van der Waals surface area contributed by atoms with Gasteiger partial charge in [0.1, 0.15) is 0 Å². The summed E-state index contributed by atoms with van der Waals surface area (Å²) >= 11 is 0. The van der Waals surface area contributed by atoms with Crippen LogP contribution in [0.3, 0.4) is 0 Å². The summed E-state index contributed by atoms with van der Waals surface area (Å²) in [6.07, 6.45) is 3.03. The van der Waals surface area contributed by atoms with E-state index < -0.39 is 5.60 Å². The van der Waals surface area contributed by atoms with Gasteiger partial charge in [0.2, 0.25) is 0 Å². The quantitative estimate of drug-likeness (QED) is 0.780. The Balaban J connectivity index is 2.26. The zero-order valence-electron chi connectivity index (χ0n) is 13.0. The SMILES string of the molecule is CC1CC(C)CC(O)(c2ccc(C(C)(C)C)cc2)C1. The van der Waals surface area contributed by atoms with Gasteiger partial charge >= 0.3 is 0 Å². The molecule has 1 saturated carbocycles. The summed E-state index contributed by atoms with van der Waals surface area (Å²) in [5.41, 5.74) is 1.98. The smallest absolute Gasteiger partial charge is 0.0901 e. The molecule has 1 aliphatic carbocycles. The lowest BCUT2D eigenvalue weighted by Gasteiger charge is -2.39. The minimum absolute atomic E-state index is 0.175. The van der Waals surface area contributed by atoms with Crippen LogP contribution in [-0.4, -0.2) is 5.11 Å². The maximum atomic E-state index is 11.0. The maximum Gasteiger partial charge on any atom is 0.0901 e. The van der Waals surface area contributed by atoms with E-state index in [9.17, 15) is 5.11 Å². The van der Waals surface area contributed by atoms with E-state index in [1.54, 1.807) is 0 Å². The Hall–Kier alpha value is -0.820. The van der Waals surface area contributed by atoms with E-state index in [1.807, 2.05) is 0 Å². The fraction of sp³-hybridized carbons (Fsp3) is 0.667. The first-order valence-electron chi connectivity index (χ1n) is 7.54. The summed E-state index contributed by atoms with van der Waals surface area (Å²) in [5, 5.41) is 11.0. The third-order valence-electron chi connectivity index (χ3n) is 4.47. The molecule has 2 unspecified atom stereocenters. The van der Waals surface area contributed by atoms with Crippen LogP contribution in [0.1, 0.15) is 65.0 Å². The second-order valence-corrected chi connectivity index (χ2v) is 7.71. The molecule has 1 heteroatoms. The third kappa shape index (κ3) is 3.20. The highest BCUT2D eigenvalue weighted by atomic mass is 16.3. The highest BCUT2D eigenvalue weighted by Gasteiger charge is 2.37. The van der Waals surface area contributed by atoms with Crippen LogP contribution in [0, 0.1) is 11.8 Å². The van der Waals surface area contributed by atoms with Gasteiger partial charge in [0.15, 0.2) is 0 Å². The summed E-state index contributed by atoms with van der Waals surface area (Å²) in [6, 6.07) is 8.62. The molecule has 106 valence electrons. The zero-order chi connectivity index (χ0) is 14.3. The van der Waals surface area contributed by atoms with Crippen molar-refractivity contribution in [2.24, 2.45) is 11.8 Å². The Kier molecular flexibility index (Phi) is 3.79. The predicted octanol–water partition coefficient (Wildman–Crippen LogP) is 4.63. The van der Waals surface area contributed by atoms with Gasteiger partial charge in [-0.15, -0.1) is 0 Å². The largest absolute Gasteiger partial charge is 0.385 e. The van der Waals surface area contributed by atoms with Crippen molar-refractivity contribution in [3.05, 3.63) is 35.4 Å². The molecule has 0 saturated heterocycles. The fourth-order valence-electron chi connectivity index (χ4n) is 3.61. The monoisotopic (exact) mass is 260 g/mol. The molecule has 1 aromatic rings. The average Bonchev–Trinajstić information content (AvgIpc) is 2.26. The van der Waals surface area contributed by atoms with Crippen LogP contribution >= 0.6 is 0 Å². The molecule has 0 heterocycles. The summed E-state index contributed by atoms with van der Waals surface area (Å²) in [4.78, 5) is 0. The first-order valence-corrected chi connectivity index (χ1v) is 7.54. The van der Waals surface area contributed by atoms with Gasteiger partial charge in [-0.2, -0.15) is 0 Å². The van der Waals surface area contributed by atoms with Crippen molar-refractivity contribution in [2.75, 3.05) is 0 Å². The molecule has 2 atom stereocenters.